The summed E-state index contributed by atoms with van der Waals surface area (Å²) in [6, 6.07) is 8.25. The zero-order chi connectivity index (χ0) is 23.3. The molecular weight excluding hydrogens is 458 g/mol. The van der Waals surface area contributed by atoms with Crippen molar-refractivity contribution in [1.29, 1.82) is 0 Å². The van der Waals surface area contributed by atoms with E-state index in [4.69, 9.17) is 11.6 Å². The van der Waals surface area contributed by atoms with Gasteiger partial charge in [0.2, 0.25) is 5.91 Å². The topological polar surface area (TPSA) is 23.6 Å². The normalized spacial score (nSPS) is 21.6. The summed E-state index contributed by atoms with van der Waals surface area (Å²) in [6.07, 6.45) is -8.38. The minimum Gasteiger partial charge on any atom is -0.367 e. The standard InChI is InChI=1S/C22H19ClF6N2O/c23-15-5-6-18(22(27,28)29)19(11-15)30-7-9-31(10-8-30)20(32)17-12-16(17)13-1-3-14(4-2-13)21(24,25)26/h1-6,11,16-17H,7-10,12H2. The van der Waals surface area contributed by atoms with Crippen LogP contribution in [0.15, 0.2) is 42.5 Å². The Bertz CT molecular complexity index is 997. The number of hydrogen-bond donors (Lipinski definition) is 0. The highest BCUT2D eigenvalue weighted by molar-refractivity contribution is 6.30. The maximum Gasteiger partial charge on any atom is 0.418 e. The molecule has 10 heteroatoms. The van der Waals surface area contributed by atoms with E-state index in [1.165, 1.54) is 24.3 Å². The Morgan fingerprint density at radius 1 is 0.875 bits per heavy atom. The summed E-state index contributed by atoms with van der Waals surface area (Å²) >= 11 is 5.90. The summed E-state index contributed by atoms with van der Waals surface area (Å²) in [6.45, 7) is 0.984. The van der Waals surface area contributed by atoms with Crippen molar-refractivity contribution in [2.45, 2.75) is 24.7 Å². The predicted molar refractivity (Wildman–Crippen MR) is 108 cm³/mol. The summed E-state index contributed by atoms with van der Waals surface area (Å²) in [5.41, 5.74) is -0.832. The molecule has 2 atom stereocenters. The minimum atomic E-state index is -4.52. The molecule has 4 rings (SSSR count). The average Bonchev–Trinajstić information content (AvgIpc) is 3.53. The van der Waals surface area contributed by atoms with Crippen LogP contribution >= 0.6 is 11.6 Å². The van der Waals surface area contributed by atoms with Crippen molar-refractivity contribution in [3.05, 3.63) is 64.2 Å². The third kappa shape index (κ3) is 4.67. The number of amides is 1. The first-order valence-corrected chi connectivity index (χ1v) is 10.4. The fraction of sp³-hybridized carbons (Fsp3) is 0.409. The Kier molecular flexibility index (Phi) is 5.81. The SMILES string of the molecule is O=C(C1CC1c1ccc(C(F)(F)F)cc1)N1CCN(c2cc(Cl)ccc2C(F)(F)F)CC1. The van der Waals surface area contributed by atoms with Gasteiger partial charge in [-0.15, -0.1) is 0 Å². The molecule has 1 aliphatic carbocycles. The average molecular weight is 477 g/mol. The minimum absolute atomic E-state index is 0.00819. The zero-order valence-corrected chi connectivity index (χ0v) is 17.4. The van der Waals surface area contributed by atoms with E-state index in [2.05, 4.69) is 0 Å². The summed E-state index contributed by atoms with van der Waals surface area (Å²) in [4.78, 5) is 16.0. The summed E-state index contributed by atoms with van der Waals surface area (Å²) in [5, 5.41) is 0.198. The van der Waals surface area contributed by atoms with Crippen molar-refractivity contribution < 1.29 is 31.1 Å². The largest absolute Gasteiger partial charge is 0.418 e. The van der Waals surface area contributed by atoms with Crippen LogP contribution < -0.4 is 4.90 Å². The van der Waals surface area contributed by atoms with Gasteiger partial charge in [0.15, 0.2) is 0 Å². The van der Waals surface area contributed by atoms with Gasteiger partial charge in [0, 0.05) is 37.1 Å². The van der Waals surface area contributed by atoms with E-state index in [0.29, 0.717) is 12.0 Å². The molecule has 2 fully saturated rings. The molecule has 2 aromatic rings. The van der Waals surface area contributed by atoms with E-state index >= 15 is 0 Å². The second-order valence-corrected chi connectivity index (χ2v) is 8.48. The molecule has 172 valence electrons. The lowest BCUT2D eigenvalue weighted by atomic mass is 10.1. The molecule has 1 heterocycles. The number of anilines is 1. The summed E-state index contributed by atoms with van der Waals surface area (Å²) in [5.74, 6) is -0.556. The molecule has 1 amide bonds. The monoisotopic (exact) mass is 476 g/mol. The van der Waals surface area contributed by atoms with Crippen molar-refractivity contribution in [2.75, 3.05) is 31.1 Å². The highest BCUT2D eigenvalue weighted by atomic mass is 35.5. The van der Waals surface area contributed by atoms with Crippen LogP contribution in [-0.2, 0) is 17.1 Å². The Morgan fingerprint density at radius 3 is 2.06 bits per heavy atom. The Morgan fingerprint density at radius 2 is 1.50 bits per heavy atom. The van der Waals surface area contributed by atoms with Crippen molar-refractivity contribution >= 4 is 23.2 Å². The number of rotatable bonds is 3. The smallest absolute Gasteiger partial charge is 0.367 e. The number of carbonyl (C=O) groups excluding carboxylic acids is 1. The fourth-order valence-electron chi connectivity index (χ4n) is 4.16. The lowest BCUT2D eigenvalue weighted by Crippen LogP contribution is -2.49. The van der Waals surface area contributed by atoms with Crippen LogP contribution in [0.25, 0.3) is 0 Å². The van der Waals surface area contributed by atoms with Gasteiger partial charge in [-0.1, -0.05) is 23.7 Å². The second-order valence-electron chi connectivity index (χ2n) is 8.04. The van der Waals surface area contributed by atoms with Crippen LogP contribution in [0.5, 0.6) is 0 Å². The number of halogens is 7. The first-order valence-electron chi connectivity index (χ1n) is 10.0. The first-order chi connectivity index (χ1) is 14.9. The number of alkyl halides is 6. The predicted octanol–water partition coefficient (Wildman–Crippen LogP) is 5.83. The van der Waals surface area contributed by atoms with E-state index in [0.717, 1.165) is 18.2 Å². The molecule has 0 spiro atoms. The van der Waals surface area contributed by atoms with E-state index in [1.807, 2.05) is 0 Å². The van der Waals surface area contributed by atoms with Gasteiger partial charge in [-0.25, -0.2) is 0 Å². The molecule has 1 aliphatic heterocycles. The van der Waals surface area contributed by atoms with Crippen molar-refractivity contribution in [1.82, 2.24) is 4.90 Å². The van der Waals surface area contributed by atoms with Gasteiger partial charge in [-0.05, 0) is 48.2 Å². The van der Waals surface area contributed by atoms with Crippen molar-refractivity contribution in [3.63, 3.8) is 0 Å². The molecule has 1 saturated heterocycles. The molecule has 0 aromatic heterocycles. The molecule has 3 nitrogen and oxygen atoms in total. The van der Waals surface area contributed by atoms with Crippen LogP contribution in [0.2, 0.25) is 5.02 Å². The van der Waals surface area contributed by atoms with Crippen molar-refractivity contribution in [2.24, 2.45) is 5.92 Å². The van der Waals surface area contributed by atoms with Gasteiger partial charge < -0.3 is 9.80 Å². The molecular formula is C22H19ClF6N2O. The van der Waals surface area contributed by atoms with Crippen LogP contribution in [0.3, 0.4) is 0 Å². The van der Waals surface area contributed by atoms with Gasteiger partial charge in [0.05, 0.1) is 16.8 Å². The third-order valence-electron chi connectivity index (χ3n) is 5.97. The highest BCUT2D eigenvalue weighted by Gasteiger charge is 2.46. The molecule has 0 bridgehead atoms. The number of carbonyl (C=O) groups is 1. The number of benzene rings is 2. The van der Waals surface area contributed by atoms with Crippen molar-refractivity contribution in [3.8, 4) is 0 Å². The molecule has 2 aromatic carbocycles. The number of nitrogens with zero attached hydrogens (tertiary/aromatic N) is 2. The van der Waals surface area contributed by atoms with Crippen LogP contribution in [0, 0.1) is 5.92 Å². The second kappa shape index (κ2) is 8.17. The first kappa shape index (κ1) is 22.8. The Balaban J connectivity index is 1.38. The number of piperazine rings is 1. The van der Waals surface area contributed by atoms with Gasteiger partial charge >= 0.3 is 12.4 Å². The van der Waals surface area contributed by atoms with Gasteiger partial charge in [0.1, 0.15) is 0 Å². The van der Waals surface area contributed by atoms with Gasteiger partial charge in [-0.3, -0.25) is 4.79 Å². The highest BCUT2D eigenvalue weighted by Crippen LogP contribution is 2.49. The number of hydrogen-bond acceptors (Lipinski definition) is 2. The lowest BCUT2D eigenvalue weighted by Gasteiger charge is -2.37. The van der Waals surface area contributed by atoms with Gasteiger partial charge in [0.25, 0.3) is 0 Å². The van der Waals surface area contributed by atoms with E-state index in [1.54, 1.807) is 9.80 Å². The Labute approximate surface area is 185 Å². The van der Waals surface area contributed by atoms with Crippen LogP contribution in [0.4, 0.5) is 32.0 Å². The van der Waals surface area contributed by atoms with E-state index in [-0.39, 0.29) is 54.6 Å². The summed E-state index contributed by atoms with van der Waals surface area (Å²) in [7, 11) is 0. The summed E-state index contributed by atoms with van der Waals surface area (Å²) < 4.78 is 78.2. The molecule has 2 aliphatic rings. The zero-order valence-electron chi connectivity index (χ0n) is 16.7. The quantitative estimate of drug-likeness (QED) is 0.520. The maximum atomic E-state index is 13.4. The van der Waals surface area contributed by atoms with E-state index < -0.39 is 23.5 Å². The lowest BCUT2D eigenvalue weighted by molar-refractivity contribution is -0.138. The molecule has 0 radical (unpaired) electrons. The molecule has 32 heavy (non-hydrogen) atoms. The molecule has 0 N–H and O–H groups in total. The molecule has 2 unspecified atom stereocenters. The fourth-order valence-corrected chi connectivity index (χ4v) is 4.33. The van der Waals surface area contributed by atoms with Crippen LogP contribution in [0.1, 0.15) is 29.0 Å². The van der Waals surface area contributed by atoms with E-state index in [9.17, 15) is 31.1 Å². The molecule has 1 saturated carbocycles. The van der Waals surface area contributed by atoms with Crippen LogP contribution in [-0.4, -0.2) is 37.0 Å². The maximum absolute atomic E-state index is 13.4. The third-order valence-corrected chi connectivity index (χ3v) is 6.21. The van der Waals surface area contributed by atoms with Gasteiger partial charge in [-0.2, -0.15) is 26.3 Å². The Hall–Kier alpha value is -2.42.